The minimum absolute atomic E-state index is 0.253. The highest BCUT2D eigenvalue weighted by Gasteiger charge is 2.24. The summed E-state index contributed by atoms with van der Waals surface area (Å²) in [5.41, 5.74) is 0. The maximum atomic E-state index is 12.5. The van der Waals surface area contributed by atoms with Crippen molar-refractivity contribution >= 4 is 28.5 Å². The fourth-order valence-electron chi connectivity index (χ4n) is 3.85. The van der Waals surface area contributed by atoms with Crippen LogP contribution in [0, 0.1) is 0 Å². The molecule has 0 saturated carbocycles. The second-order valence-corrected chi connectivity index (χ2v) is 8.21. The van der Waals surface area contributed by atoms with Crippen molar-refractivity contribution in [2.24, 2.45) is 4.99 Å². The van der Waals surface area contributed by atoms with Crippen LogP contribution in [0.25, 0.3) is 0 Å². The van der Waals surface area contributed by atoms with Gasteiger partial charge in [-0.2, -0.15) is 4.37 Å². The quantitative estimate of drug-likeness (QED) is 0.590. The Morgan fingerprint density at radius 2 is 2.04 bits per heavy atom. The number of carbonyl (C=O) groups excluding carboxylic acids is 1. The number of aryl methyl sites for hydroxylation is 1. The lowest BCUT2D eigenvalue weighted by molar-refractivity contribution is -0.134. The first-order chi connectivity index (χ1) is 13.6. The van der Waals surface area contributed by atoms with Crippen molar-refractivity contribution < 1.29 is 4.79 Å². The molecule has 156 valence electrons. The number of piperazine rings is 1. The first kappa shape index (κ1) is 20.8. The Balaban J connectivity index is 1.42. The molecule has 1 aromatic heterocycles. The highest BCUT2D eigenvalue weighted by atomic mass is 32.1. The second-order valence-electron chi connectivity index (χ2n) is 7.48. The standard InChI is InChI=1S/C19H33N7OS/c1-4-16-22-19(28-23-16)25-13-11-24(12-14-25)18(20-3)21-9-8-17(27)26-10-6-5-7-15(26)2/h15H,4-14H2,1-3H3,(H,20,21). The van der Waals surface area contributed by atoms with Crippen molar-refractivity contribution in [1.29, 1.82) is 0 Å². The lowest BCUT2D eigenvalue weighted by atomic mass is 10.0. The fourth-order valence-corrected chi connectivity index (χ4v) is 4.65. The summed E-state index contributed by atoms with van der Waals surface area (Å²) >= 11 is 1.49. The van der Waals surface area contributed by atoms with Gasteiger partial charge in [-0.25, -0.2) is 4.98 Å². The summed E-state index contributed by atoms with van der Waals surface area (Å²) in [7, 11) is 1.81. The molecular weight excluding hydrogens is 374 g/mol. The molecule has 0 spiro atoms. The van der Waals surface area contributed by atoms with Crippen LogP contribution in [0.2, 0.25) is 0 Å². The number of amides is 1. The van der Waals surface area contributed by atoms with Crippen LogP contribution in [0.3, 0.4) is 0 Å². The predicted molar refractivity (Wildman–Crippen MR) is 114 cm³/mol. The SMILES string of the molecule is CCc1nsc(N2CCN(C(=NC)NCCC(=O)N3CCCCC3C)CC2)n1. The molecule has 1 atom stereocenters. The number of likely N-dealkylation sites (tertiary alicyclic amines) is 1. The molecule has 2 aliphatic heterocycles. The molecule has 3 heterocycles. The topological polar surface area (TPSA) is 77.0 Å². The largest absolute Gasteiger partial charge is 0.356 e. The van der Waals surface area contributed by atoms with Crippen LogP contribution in [0.4, 0.5) is 5.13 Å². The molecule has 0 radical (unpaired) electrons. The number of hydrogen-bond acceptors (Lipinski definition) is 6. The predicted octanol–water partition coefficient (Wildman–Crippen LogP) is 1.59. The van der Waals surface area contributed by atoms with Crippen molar-refractivity contribution in [3.8, 4) is 0 Å². The molecule has 28 heavy (non-hydrogen) atoms. The number of nitrogens with one attached hydrogen (secondary N) is 1. The molecule has 3 rings (SSSR count). The lowest BCUT2D eigenvalue weighted by Gasteiger charge is -2.36. The summed E-state index contributed by atoms with van der Waals surface area (Å²) in [6.45, 7) is 9.36. The summed E-state index contributed by atoms with van der Waals surface area (Å²) in [4.78, 5) is 28.1. The Morgan fingerprint density at radius 3 is 2.68 bits per heavy atom. The molecule has 2 fully saturated rings. The van der Waals surface area contributed by atoms with Gasteiger partial charge in [0.1, 0.15) is 5.82 Å². The number of nitrogens with zero attached hydrogens (tertiary/aromatic N) is 6. The van der Waals surface area contributed by atoms with Gasteiger partial charge in [-0.05, 0) is 26.2 Å². The van der Waals surface area contributed by atoms with Gasteiger partial charge in [0.15, 0.2) is 5.96 Å². The third kappa shape index (κ3) is 5.12. The van der Waals surface area contributed by atoms with E-state index in [1.54, 1.807) is 0 Å². The molecule has 1 aromatic rings. The van der Waals surface area contributed by atoms with Gasteiger partial charge >= 0.3 is 0 Å². The Bertz CT molecular complexity index is 669. The van der Waals surface area contributed by atoms with E-state index in [2.05, 4.69) is 43.3 Å². The smallest absolute Gasteiger partial charge is 0.224 e. The van der Waals surface area contributed by atoms with Crippen LogP contribution in [0.1, 0.15) is 45.4 Å². The van der Waals surface area contributed by atoms with Crippen LogP contribution in [-0.4, -0.2) is 83.4 Å². The molecule has 0 bridgehead atoms. The number of aromatic nitrogens is 2. The average Bonchev–Trinajstić information content (AvgIpc) is 3.21. The second kappa shape index (κ2) is 10.0. The van der Waals surface area contributed by atoms with Crippen molar-refractivity contribution in [3.05, 3.63) is 5.82 Å². The van der Waals surface area contributed by atoms with Gasteiger partial charge in [-0.15, -0.1) is 0 Å². The molecule has 1 N–H and O–H groups in total. The lowest BCUT2D eigenvalue weighted by Crippen LogP contribution is -2.53. The van der Waals surface area contributed by atoms with Gasteiger partial charge < -0.3 is 20.0 Å². The van der Waals surface area contributed by atoms with Gasteiger partial charge in [-0.1, -0.05) is 6.92 Å². The zero-order valence-electron chi connectivity index (χ0n) is 17.4. The maximum Gasteiger partial charge on any atom is 0.224 e. The Kier molecular flexibility index (Phi) is 7.47. The van der Waals surface area contributed by atoms with E-state index in [-0.39, 0.29) is 5.91 Å². The van der Waals surface area contributed by atoms with Crippen LogP contribution in [0.15, 0.2) is 4.99 Å². The minimum atomic E-state index is 0.253. The first-order valence-corrected chi connectivity index (χ1v) is 11.2. The Morgan fingerprint density at radius 1 is 1.25 bits per heavy atom. The van der Waals surface area contributed by atoms with Crippen LogP contribution in [-0.2, 0) is 11.2 Å². The van der Waals surface area contributed by atoms with E-state index in [0.29, 0.717) is 19.0 Å². The average molecular weight is 408 g/mol. The Labute approximate surface area is 172 Å². The normalized spacial score (nSPS) is 21.2. The number of carbonyl (C=O) groups is 1. The van der Waals surface area contributed by atoms with Gasteiger partial charge in [0.2, 0.25) is 11.0 Å². The summed E-state index contributed by atoms with van der Waals surface area (Å²) in [5, 5.41) is 4.39. The molecule has 1 unspecified atom stereocenters. The van der Waals surface area contributed by atoms with Crippen molar-refractivity contribution in [1.82, 2.24) is 24.5 Å². The zero-order chi connectivity index (χ0) is 19.9. The highest BCUT2D eigenvalue weighted by Crippen LogP contribution is 2.19. The molecule has 0 aromatic carbocycles. The maximum absolute atomic E-state index is 12.5. The molecule has 0 aliphatic carbocycles. The van der Waals surface area contributed by atoms with E-state index >= 15 is 0 Å². The van der Waals surface area contributed by atoms with E-state index in [0.717, 1.165) is 68.9 Å². The van der Waals surface area contributed by atoms with Crippen molar-refractivity contribution in [2.75, 3.05) is 51.2 Å². The van der Waals surface area contributed by atoms with Gasteiger partial charge in [-0.3, -0.25) is 9.79 Å². The molecule has 2 aliphatic rings. The Hall–Kier alpha value is -1.90. The fraction of sp³-hybridized carbons (Fsp3) is 0.789. The van der Waals surface area contributed by atoms with Crippen molar-refractivity contribution in [2.45, 2.75) is 52.0 Å². The molecular formula is C19H33N7OS. The van der Waals surface area contributed by atoms with Gasteiger partial charge in [0.25, 0.3) is 0 Å². The third-order valence-corrected chi connectivity index (χ3v) is 6.40. The number of guanidine groups is 1. The number of aliphatic imine (C=N–C) groups is 1. The van der Waals surface area contributed by atoms with E-state index < -0.39 is 0 Å². The monoisotopic (exact) mass is 407 g/mol. The van der Waals surface area contributed by atoms with E-state index in [1.165, 1.54) is 18.0 Å². The molecule has 2 saturated heterocycles. The number of rotatable bonds is 5. The van der Waals surface area contributed by atoms with E-state index in [4.69, 9.17) is 0 Å². The van der Waals surface area contributed by atoms with Gasteiger partial charge in [0.05, 0.1) is 0 Å². The molecule has 1 amide bonds. The minimum Gasteiger partial charge on any atom is -0.356 e. The number of hydrogen-bond donors (Lipinski definition) is 1. The summed E-state index contributed by atoms with van der Waals surface area (Å²) < 4.78 is 4.38. The molecule has 9 heteroatoms. The van der Waals surface area contributed by atoms with Crippen LogP contribution < -0.4 is 10.2 Å². The first-order valence-electron chi connectivity index (χ1n) is 10.4. The van der Waals surface area contributed by atoms with Crippen molar-refractivity contribution in [3.63, 3.8) is 0 Å². The van der Waals surface area contributed by atoms with Gasteiger partial charge in [0, 0.05) is 76.7 Å². The number of piperidine rings is 1. The summed E-state index contributed by atoms with van der Waals surface area (Å²) in [6, 6.07) is 0.377. The summed E-state index contributed by atoms with van der Waals surface area (Å²) in [5.74, 6) is 2.06. The van der Waals surface area contributed by atoms with Crippen LogP contribution in [0.5, 0.6) is 0 Å². The van der Waals surface area contributed by atoms with E-state index in [1.807, 2.05) is 11.9 Å². The zero-order valence-corrected chi connectivity index (χ0v) is 18.2. The van der Waals surface area contributed by atoms with Crippen LogP contribution >= 0.6 is 11.5 Å². The molecule has 8 nitrogen and oxygen atoms in total. The summed E-state index contributed by atoms with van der Waals surface area (Å²) in [6.07, 6.45) is 4.89. The highest BCUT2D eigenvalue weighted by molar-refractivity contribution is 7.09. The number of anilines is 1. The third-order valence-electron chi connectivity index (χ3n) is 5.58. The van der Waals surface area contributed by atoms with E-state index in [9.17, 15) is 4.79 Å².